The molecule has 1 aromatic carbocycles. The summed E-state index contributed by atoms with van der Waals surface area (Å²) < 4.78 is 31.7. The summed E-state index contributed by atoms with van der Waals surface area (Å²) in [6.45, 7) is 2.12. The van der Waals surface area contributed by atoms with Gasteiger partial charge in [-0.3, -0.25) is 15.0 Å². The maximum absolute atomic E-state index is 12.7. The Balaban J connectivity index is 1.65. The number of benzene rings is 1. The zero-order valence-electron chi connectivity index (χ0n) is 13.8. The van der Waals surface area contributed by atoms with Gasteiger partial charge in [-0.15, -0.1) is 0 Å². The third kappa shape index (κ3) is 3.88. The Morgan fingerprint density at radius 2 is 2.00 bits per heavy atom. The summed E-state index contributed by atoms with van der Waals surface area (Å²) in [5.41, 5.74) is 5.17. The molecule has 140 valence electrons. The highest BCUT2D eigenvalue weighted by molar-refractivity contribution is 7.89. The van der Waals surface area contributed by atoms with Gasteiger partial charge in [0, 0.05) is 38.3 Å². The molecule has 0 amide bonds. The van der Waals surface area contributed by atoms with Gasteiger partial charge in [0.1, 0.15) is 0 Å². The van der Waals surface area contributed by atoms with Gasteiger partial charge in [0.05, 0.1) is 22.9 Å². The van der Waals surface area contributed by atoms with Crippen molar-refractivity contribution in [3.63, 3.8) is 0 Å². The average Bonchev–Trinajstić information content (AvgIpc) is 3.10. The van der Waals surface area contributed by atoms with Crippen molar-refractivity contribution in [3.05, 3.63) is 46.1 Å². The maximum atomic E-state index is 12.7. The van der Waals surface area contributed by atoms with Crippen LogP contribution in [-0.2, 0) is 23.1 Å². The van der Waals surface area contributed by atoms with E-state index < -0.39 is 14.9 Å². The van der Waals surface area contributed by atoms with Crippen LogP contribution >= 0.6 is 0 Å². The second-order valence-electron chi connectivity index (χ2n) is 5.74. The summed E-state index contributed by atoms with van der Waals surface area (Å²) >= 11 is 0. The normalized spacial score (nSPS) is 16.7. The van der Waals surface area contributed by atoms with Gasteiger partial charge < -0.3 is 10.3 Å². The molecule has 1 saturated heterocycles. The van der Waals surface area contributed by atoms with E-state index in [2.05, 4.69) is 10.1 Å². The lowest BCUT2D eigenvalue weighted by atomic mass is 10.3. The molecule has 1 fully saturated rings. The van der Waals surface area contributed by atoms with Crippen LogP contribution in [0.3, 0.4) is 0 Å². The van der Waals surface area contributed by atoms with E-state index in [-0.39, 0.29) is 30.2 Å². The Morgan fingerprint density at radius 1 is 1.27 bits per heavy atom. The SMILES string of the molecule is NCc1nc(CN2CCN(S(=O)(=O)c3cccc([N+](=O)[O-])c3)CC2)no1. The number of aromatic nitrogens is 2. The first-order valence-corrected chi connectivity index (χ1v) is 9.32. The molecule has 1 aromatic heterocycles. The van der Waals surface area contributed by atoms with Gasteiger partial charge in [-0.25, -0.2) is 8.42 Å². The molecule has 11 nitrogen and oxygen atoms in total. The van der Waals surface area contributed by atoms with Gasteiger partial charge in [0.15, 0.2) is 5.82 Å². The molecule has 0 aliphatic carbocycles. The summed E-state index contributed by atoms with van der Waals surface area (Å²) in [5, 5.41) is 14.7. The Labute approximate surface area is 149 Å². The van der Waals surface area contributed by atoms with Crippen LogP contribution in [0, 0.1) is 10.1 Å². The van der Waals surface area contributed by atoms with Crippen LogP contribution in [0.15, 0.2) is 33.7 Å². The standard InChI is InChI=1S/C14H18N6O5S/c15-9-14-16-13(17-25-14)10-18-4-6-19(7-5-18)26(23,24)12-3-1-2-11(8-12)20(21)22/h1-3,8H,4-7,9-10,15H2. The number of nitrogens with zero attached hydrogens (tertiary/aromatic N) is 5. The second kappa shape index (κ2) is 7.45. The molecule has 26 heavy (non-hydrogen) atoms. The molecular formula is C14H18N6O5S. The van der Waals surface area contributed by atoms with Crippen LogP contribution in [0.25, 0.3) is 0 Å². The quantitative estimate of drug-likeness (QED) is 0.535. The fourth-order valence-electron chi connectivity index (χ4n) is 2.67. The van der Waals surface area contributed by atoms with Crippen LogP contribution in [0.4, 0.5) is 5.69 Å². The van der Waals surface area contributed by atoms with Crippen LogP contribution in [0.2, 0.25) is 0 Å². The van der Waals surface area contributed by atoms with Crippen LogP contribution in [-0.4, -0.2) is 58.9 Å². The minimum atomic E-state index is -3.78. The fraction of sp³-hybridized carbons (Fsp3) is 0.429. The predicted molar refractivity (Wildman–Crippen MR) is 89.3 cm³/mol. The van der Waals surface area contributed by atoms with Crippen LogP contribution in [0.1, 0.15) is 11.7 Å². The summed E-state index contributed by atoms with van der Waals surface area (Å²) in [6, 6.07) is 5.07. The smallest absolute Gasteiger partial charge is 0.270 e. The molecular weight excluding hydrogens is 364 g/mol. The second-order valence-corrected chi connectivity index (χ2v) is 7.68. The number of piperazine rings is 1. The van der Waals surface area contributed by atoms with Crippen molar-refractivity contribution >= 4 is 15.7 Å². The lowest BCUT2D eigenvalue weighted by Crippen LogP contribution is -2.48. The monoisotopic (exact) mass is 382 g/mol. The molecule has 0 unspecified atom stereocenters. The van der Waals surface area contributed by atoms with Crippen molar-refractivity contribution in [2.24, 2.45) is 5.73 Å². The Morgan fingerprint density at radius 3 is 2.62 bits per heavy atom. The topological polar surface area (TPSA) is 149 Å². The first-order valence-electron chi connectivity index (χ1n) is 7.88. The summed E-state index contributed by atoms with van der Waals surface area (Å²) in [7, 11) is -3.78. The van der Waals surface area contributed by atoms with Gasteiger partial charge >= 0.3 is 0 Å². The van der Waals surface area contributed by atoms with E-state index in [4.69, 9.17) is 10.3 Å². The minimum Gasteiger partial charge on any atom is -0.338 e. The van der Waals surface area contributed by atoms with E-state index in [1.165, 1.54) is 22.5 Å². The zero-order chi connectivity index (χ0) is 18.7. The highest BCUT2D eigenvalue weighted by Gasteiger charge is 2.29. The molecule has 0 radical (unpaired) electrons. The number of rotatable bonds is 6. The first-order chi connectivity index (χ1) is 12.4. The molecule has 0 spiro atoms. The molecule has 2 aromatic rings. The number of nitrogens with two attached hydrogens (primary N) is 1. The molecule has 0 bridgehead atoms. The third-order valence-electron chi connectivity index (χ3n) is 4.05. The molecule has 2 heterocycles. The molecule has 1 aliphatic heterocycles. The Bertz CT molecular complexity index is 891. The molecule has 0 saturated carbocycles. The minimum absolute atomic E-state index is 0.0779. The average molecular weight is 382 g/mol. The number of nitro benzene ring substituents is 1. The van der Waals surface area contributed by atoms with Crippen LogP contribution < -0.4 is 5.73 Å². The lowest BCUT2D eigenvalue weighted by Gasteiger charge is -2.33. The van der Waals surface area contributed by atoms with E-state index in [1.54, 1.807) is 0 Å². The lowest BCUT2D eigenvalue weighted by molar-refractivity contribution is -0.385. The number of non-ortho nitro benzene ring substituents is 1. The van der Waals surface area contributed by atoms with Gasteiger partial charge in [-0.2, -0.15) is 9.29 Å². The molecule has 0 atom stereocenters. The summed E-state index contributed by atoms with van der Waals surface area (Å²) in [5.74, 6) is 0.854. The number of sulfonamides is 1. The van der Waals surface area contributed by atoms with Crippen molar-refractivity contribution < 1.29 is 17.9 Å². The molecule has 2 N–H and O–H groups in total. The van der Waals surface area contributed by atoms with Gasteiger partial charge in [0.25, 0.3) is 5.69 Å². The molecule has 1 aliphatic rings. The van der Waals surface area contributed by atoms with E-state index in [1.807, 2.05) is 4.90 Å². The molecule has 12 heteroatoms. The Hall–Kier alpha value is -2.41. The predicted octanol–water partition coefficient (Wildman–Crippen LogP) is -0.0570. The largest absolute Gasteiger partial charge is 0.338 e. The van der Waals surface area contributed by atoms with Crippen molar-refractivity contribution in [1.29, 1.82) is 0 Å². The number of nitro groups is 1. The Kier molecular flexibility index (Phi) is 5.27. The van der Waals surface area contributed by atoms with E-state index in [0.717, 1.165) is 6.07 Å². The van der Waals surface area contributed by atoms with Gasteiger partial charge in [-0.05, 0) is 6.07 Å². The van der Waals surface area contributed by atoms with E-state index >= 15 is 0 Å². The first kappa shape index (κ1) is 18.4. The highest BCUT2D eigenvalue weighted by atomic mass is 32.2. The van der Waals surface area contributed by atoms with Crippen molar-refractivity contribution in [2.75, 3.05) is 26.2 Å². The van der Waals surface area contributed by atoms with Crippen molar-refractivity contribution in [3.8, 4) is 0 Å². The van der Waals surface area contributed by atoms with Gasteiger partial charge in [-0.1, -0.05) is 11.2 Å². The highest BCUT2D eigenvalue weighted by Crippen LogP contribution is 2.22. The van der Waals surface area contributed by atoms with Crippen molar-refractivity contribution in [1.82, 2.24) is 19.3 Å². The number of hydrogen-bond donors (Lipinski definition) is 1. The zero-order valence-corrected chi connectivity index (χ0v) is 14.6. The van der Waals surface area contributed by atoms with E-state index in [0.29, 0.717) is 31.3 Å². The summed E-state index contributed by atoms with van der Waals surface area (Å²) in [6.07, 6.45) is 0. The molecule has 3 rings (SSSR count). The maximum Gasteiger partial charge on any atom is 0.270 e. The van der Waals surface area contributed by atoms with Crippen LogP contribution in [0.5, 0.6) is 0 Å². The van der Waals surface area contributed by atoms with E-state index in [9.17, 15) is 18.5 Å². The third-order valence-corrected chi connectivity index (χ3v) is 5.94. The summed E-state index contributed by atoms with van der Waals surface area (Å²) in [4.78, 5) is 16.3. The number of hydrogen-bond acceptors (Lipinski definition) is 9. The fourth-order valence-corrected chi connectivity index (χ4v) is 4.13. The van der Waals surface area contributed by atoms with Gasteiger partial charge in [0.2, 0.25) is 15.9 Å². The van der Waals surface area contributed by atoms with Crippen molar-refractivity contribution in [2.45, 2.75) is 18.0 Å².